The lowest BCUT2D eigenvalue weighted by molar-refractivity contribution is 0.251. The van der Waals surface area contributed by atoms with E-state index in [0.717, 1.165) is 13.0 Å². The van der Waals surface area contributed by atoms with E-state index in [4.69, 9.17) is 21.1 Å². The standard InChI is InChI=1S/C10H17ClN4O2/c1-4-16-9-12-8(11)13-10(14-9)17-7-5-6-15(2)3/h4-7H2,1-3H3. The molecule has 0 saturated carbocycles. The van der Waals surface area contributed by atoms with E-state index in [9.17, 15) is 0 Å². The molecule has 0 bridgehead atoms. The van der Waals surface area contributed by atoms with E-state index in [1.54, 1.807) is 0 Å². The molecule has 0 fully saturated rings. The summed E-state index contributed by atoms with van der Waals surface area (Å²) in [7, 11) is 4.01. The van der Waals surface area contributed by atoms with E-state index in [1.165, 1.54) is 0 Å². The fraction of sp³-hybridized carbons (Fsp3) is 0.700. The highest BCUT2D eigenvalue weighted by atomic mass is 35.5. The van der Waals surface area contributed by atoms with E-state index >= 15 is 0 Å². The SMILES string of the molecule is CCOc1nc(Cl)nc(OCCCN(C)C)n1. The van der Waals surface area contributed by atoms with Crippen molar-refractivity contribution in [1.29, 1.82) is 0 Å². The molecule has 0 aliphatic rings. The van der Waals surface area contributed by atoms with Crippen molar-refractivity contribution in [3.05, 3.63) is 5.28 Å². The first-order valence-corrected chi connectivity index (χ1v) is 5.81. The third-order valence-corrected chi connectivity index (χ3v) is 1.99. The summed E-state index contributed by atoms with van der Waals surface area (Å²) in [5.41, 5.74) is 0. The Hall–Kier alpha value is -1.14. The third kappa shape index (κ3) is 5.65. The monoisotopic (exact) mass is 260 g/mol. The Balaban J connectivity index is 2.46. The zero-order valence-corrected chi connectivity index (χ0v) is 11.1. The summed E-state index contributed by atoms with van der Waals surface area (Å²) >= 11 is 5.72. The van der Waals surface area contributed by atoms with Crippen LogP contribution in [-0.4, -0.2) is 53.7 Å². The molecule has 6 nitrogen and oxygen atoms in total. The molecule has 0 spiro atoms. The molecule has 0 N–H and O–H groups in total. The van der Waals surface area contributed by atoms with Crippen LogP contribution in [0.3, 0.4) is 0 Å². The summed E-state index contributed by atoms with van der Waals surface area (Å²) in [6, 6.07) is 0.391. The van der Waals surface area contributed by atoms with E-state index in [0.29, 0.717) is 13.2 Å². The minimum absolute atomic E-state index is 0.0751. The van der Waals surface area contributed by atoms with Crippen molar-refractivity contribution in [3.63, 3.8) is 0 Å². The molecule has 0 aromatic carbocycles. The second-order valence-corrected chi connectivity index (χ2v) is 3.95. The number of hydrogen-bond donors (Lipinski definition) is 0. The Morgan fingerprint density at radius 3 is 2.35 bits per heavy atom. The molecule has 17 heavy (non-hydrogen) atoms. The molecular weight excluding hydrogens is 244 g/mol. The van der Waals surface area contributed by atoms with Crippen LogP contribution in [0.15, 0.2) is 0 Å². The van der Waals surface area contributed by atoms with Crippen molar-refractivity contribution in [2.24, 2.45) is 0 Å². The van der Waals surface area contributed by atoms with Crippen LogP contribution in [0, 0.1) is 0 Å². The van der Waals surface area contributed by atoms with Crippen molar-refractivity contribution in [3.8, 4) is 12.0 Å². The number of hydrogen-bond acceptors (Lipinski definition) is 6. The molecule has 0 unspecified atom stereocenters. The normalized spacial score (nSPS) is 10.6. The van der Waals surface area contributed by atoms with Gasteiger partial charge in [0.05, 0.1) is 13.2 Å². The van der Waals surface area contributed by atoms with Crippen LogP contribution >= 0.6 is 11.6 Å². The van der Waals surface area contributed by atoms with E-state index in [-0.39, 0.29) is 17.3 Å². The summed E-state index contributed by atoms with van der Waals surface area (Å²) in [5.74, 6) is 0. The summed E-state index contributed by atoms with van der Waals surface area (Å²) in [4.78, 5) is 13.7. The maximum absolute atomic E-state index is 5.72. The van der Waals surface area contributed by atoms with Gasteiger partial charge < -0.3 is 14.4 Å². The number of halogens is 1. The number of nitrogens with zero attached hydrogens (tertiary/aromatic N) is 4. The van der Waals surface area contributed by atoms with Gasteiger partial charge in [-0.15, -0.1) is 4.98 Å². The zero-order chi connectivity index (χ0) is 12.7. The Labute approximate surface area is 106 Å². The first-order chi connectivity index (χ1) is 8.11. The predicted molar refractivity (Wildman–Crippen MR) is 64.7 cm³/mol. The van der Waals surface area contributed by atoms with Crippen LogP contribution < -0.4 is 9.47 Å². The summed E-state index contributed by atoms with van der Waals surface area (Å²) < 4.78 is 10.5. The van der Waals surface area contributed by atoms with E-state index in [1.807, 2.05) is 21.0 Å². The van der Waals surface area contributed by atoms with Gasteiger partial charge in [0, 0.05) is 6.54 Å². The molecule has 1 heterocycles. The molecule has 0 aliphatic carbocycles. The highest BCUT2D eigenvalue weighted by Crippen LogP contribution is 2.12. The molecule has 0 saturated heterocycles. The topological polar surface area (TPSA) is 60.4 Å². The van der Waals surface area contributed by atoms with Gasteiger partial charge in [0.2, 0.25) is 5.28 Å². The van der Waals surface area contributed by atoms with Gasteiger partial charge in [-0.3, -0.25) is 0 Å². The molecule has 0 amide bonds. The molecule has 0 aliphatic heterocycles. The molecule has 1 aromatic heterocycles. The Morgan fingerprint density at radius 2 is 1.76 bits per heavy atom. The largest absolute Gasteiger partial charge is 0.464 e. The second-order valence-electron chi connectivity index (χ2n) is 3.61. The van der Waals surface area contributed by atoms with Crippen molar-refractivity contribution >= 4 is 11.6 Å². The fourth-order valence-corrected chi connectivity index (χ4v) is 1.26. The van der Waals surface area contributed by atoms with E-state index in [2.05, 4.69) is 19.9 Å². The minimum atomic E-state index is 0.0751. The van der Waals surface area contributed by atoms with Gasteiger partial charge in [-0.05, 0) is 39.0 Å². The highest BCUT2D eigenvalue weighted by Gasteiger charge is 2.06. The Kier molecular flexibility index (Phi) is 5.93. The molecule has 1 rings (SSSR count). The van der Waals surface area contributed by atoms with Crippen molar-refractivity contribution in [2.45, 2.75) is 13.3 Å². The number of rotatable bonds is 7. The second kappa shape index (κ2) is 7.24. The van der Waals surface area contributed by atoms with Gasteiger partial charge in [-0.2, -0.15) is 9.97 Å². The maximum Gasteiger partial charge on any atom is 0.323 e. The molecular formula is C10H17ClN4O2. The average molecular weight is 261 g/mol. The van der Waals surface area contributed by atoms with Crippen molar-refractivity contribution in [1.82, 2.24) is 19.9 Å². The van der Waals surface area contributed by atoms with Crippen LogP contribution in [0.1, 0.15) is 13.3 Å². The van der Waals surface area contributed by atoms with Gasteiger partial charge in [-0.25, -0.2) is 0 Å². The smallest absolute Gasteiger partial charge is 0.323 e. The van der Waals surface area contributed by atoms with E-state index < -0.39 is 0 Å². The molecule has 0 atom stereocenters. The van der Waals surface area contributed by atoms with Crippen LogP contribution in [-0.2, 0) is 0 Å². The highest BCUT2D eigenvalue weighted by molar-refractivity contribution is 6.28. The number of aromatic nitrogens is 3. The molecule has 96 valence electrons. The quantitative estimate of drug-likeness (QED) is 0.688. The summed E-state index contributed by atoms with van der Waals surface area (Å²) in [5, 5.41) is 0.0751. The summed E-state index contributed by atoms with van der Waals surface area (Å²) in [6.45, 7) is 3.79. The van der Waals surface area contributed by atoms with Gasteiger partial charge in [0.1, 0.15) is 0 Å². The van der Waals surface area contributed by atoms with Crippen LogP contribution in [0.5, 0.6) is 12.0 Å². The molecule has 7 heteroatoms. The average Bonchev–Trinajstić information content (AvgIpc) is 2.24. The first-order valence-electron chi connectivity index (χ1n) is 5.43. The Morgan fingerprint density at radius 1 is 1.12 bits per heavy atom. The third-order valence-electron chi connectivity index (χ3n) is 1.82. The Bertz CT molecular complexity index is 349. The van der Waals surface area contributed by atoms with Gasteiger partial charge >= 0.3 is 12.0 Å². The van der Waals surface area contributed by atoms with Gasteiger partial charge in [0.25, 0.3) is 0 Å². The van der Waals surface area contributed by atoms with Crippen LogP contribution in [0.25, 0.3) is 0 Å². The number of ether oxygens (including phenoxy) is 2. The van der Waals surface area contributed by atoms with Gasteiger partial charge in [0.15, 0.2) is 0 Å². The van der Waals surface area contributed by atoms with Crippen LogP contribution in [0.2, 0.25) is 5.28 Å². The van der Waals surface area contributed by atoms with Crippen molar-refractivity contribution < 1.29 is 9.47 Å². The predicted octanol–water partition coefficient (Wildman–Crippen LogP) is 1.25. The van der Waals surface area contributed by atoms with Crippen LogP contribution in [0.4, 0.5) is 0 Å². The maximum atomic E-state index is 5.72. The minimum Gasteiger partial charge on any atom is -0.464 e. The summed E-state index contributed by atoms with van der Waals surface area (Å²) in [6.07, 6.45) is 0.889. The lowest BCUT2D eigenvalue weighted by Crippen LogP contribution is -2.16. The lowest BCUT2D eigenvalue weighted by Gasteiger charge is -2.09. The van der Waals surface area contributed by atoms with Gasteiger partial charge in [-0.1, -0.05) is 0 Å². The first kappa shape index (κ1) is 13.9. The molecule has 1 aromatic rings. The lowest BCUT2D eigenvalue weighted by atomic mass is 10.4. The fourth-order valence-electron chi connectivity index (χ4n) is 1.12. The van der Waals surface area contributed by atoms with Crippen molar-refractivity contribution in [2.75, 3.05) is 33.9 Å². The zero-order valence-electron chi connectivity index (χ0n) is 10.3. The molecule has 0 radical (unpaired) electrons.